The molecule has 0 saturated carbocycles. The number of piperidine rings is 1. The van der Waals surface area contributed by atoms with Crippen LogP contribution < -0.4 is 4.90 Å². The lowest BCUT2D eigenvalue weighted by atomic mass is 9.98. The first-order valence-corrected chi connectivity index (χ1v) is 6.03. The summed E-state index contributed by atoms with van der Waals surface area (Å²) in [4.78, 5) is 10.7. The van der Waals surface area contributed by atoms with Gasteiger partial charge in [-0.2, -0.15) is 0 Å². The summed E-state index contributed by atoms with van der Waals surface area (Å²) in [5, 5.41) is 18.4. The molecule has 5 nitrogen and oxygen atoms in total. The topological polar surface area (TPSA) is 69.5 Å². The summed E-state index contributed by atoms with van der Waals surface area (Å²) in [7, 11) is 0. The van der Waals surface area contributed by atoms with Gasteiger partial charge >= 0.3 is 0 Å². The molecule has 1 aromatic rings. The standard InChI is InChI=1S/C12H19N3O2/c1-9-13-6-11(8-17)12(14-9)15-4-2-10(7-16)3-5-15/h6,10,16-17H,2-5,7-8H2,1H3. The van der Waals surface area contributed by atoms with Crippen LogP contribution in [0.1, 0.15) is 24.2 Å². The van der Waals surface area contributed by atoms with Crippen molar-refractivity contribution in [2.24, 2.45) is 5.92 Å². The smallest absolute Gasteiger partial charge is 0.137 e. The molecule has 2 rings (SSSR count). The molecule has 0 bridgehead atoms. The van der Waals surface area contributed by atoms with Crippen molar-refractivity contribution in [2.75, 3.05) is 24.6 Å². The lowest BCUT2D eigenvalue weighted by Gasteiger charge is -2.33. The molecule has 1 aliphatic rings. The fraction of sp³-hybridized carbons (Fsp3) is 0.667. The molecule has 0 aliphatic carbocycles. The predicted octanol–water partition coefficient (Wildman–Crippen LogP) is 0.486. The van der Waals surface area contributed by atoms with Gasteiger partial charge in [-0.25, -0.2) is 9.97 Å². The first kappa shape index (κ1) is 12.3. The van der Waals surface area contributed by atoms with Gasteiger partial charge in [-0.15, -0.1) is 0 Å². The Labute approximate surface area is 101 Å². The van der Waals surface area contributed by atoms with E-state index in [4.69, 9.17) is 5.11 Å². The Hall–Kier alpha value is -1.20. The van der Waals surface area contributed by atoms with Gasteiger partial charge in [0, 0.05) is 31.5 Å². The molecule has 2 heterocycles. The second-order valence-corrected chi connectivity index (χ2v) is 4.54. The molecule has 0 amide bonds. The number of hydrogen-bond donors (Lipinski definition) is 2. The number of rotatable bonds is 3. The van der Waals surface area contributed by atoms with Crippen LogP contribution in [0.15, 0.2) is 6.20 Å². The first-order chi connectivity index (χ1) is 8.24. The van der Waals surface area contributed by atoms with Gasteiger partial charge in [-0.1, -0.05) is 0 Å². The number of aliphatic hydroxyl groups excluding tert-OH is 2. The van der Waals surface area contributed by atoms with Crippen LogP contribution in [0, 0.1) is 12.8 Å². The third-order valence-electron chi connectivity index (χ3n) is 3.30. The van der Waals surface area contributed by atoms with E-state index in [9.17, 15) is 5.11 Å². The molecule has 0 atom stereocenters. The second-order valence-electron chi connectivity index (χ2n) is 4.54. The van der Waals surface area contributed by atoms with E-state index < -0.39 is 0 Å². The number of hydrogen-bond acceptors (Lipinski definition) is 5. The fourth-order valence-corrected chi connectivity index (χ4v) is 2.20. The maximum atomic E-state index is 9.29. The minimum Gasteiger partial charge on any atom is -0.396 e. The Bertz CT molecular complexity index is 376. The predicted molar refractivity (Wildman–Crippen MR) is 64.7 cm³/mol. The van der Waals surface area contributed by atoms with Crippen molar-refractivity contribution in [3.63, 3.8) is 0 Å². The highest BCUT2D eigenvalue weighted by atomic mass is 16.3. The molecule has 1 saturated heterocycles. The minimum atomic E-state index is -0.0322. The van der Waals surface area contributed by atoms with Crippen LogP contribution in [0.3, 0.4) is 0 Å². The third-order valence-corrected chi connectivity index (χ3v) is 3.30. The zero-order chi connectivity index (χ0) is 12.3. The zero-order valence-electron chi connectivity index (χ0n) is 10.1. The van der Waals surface area contributed by atoms with E-state index in [-0.39, 0.29) is 13.2 Å². The van der Waals surface area contributed by atoms with Gasteiger partial charge in [0.1, 0.15) is 11.6 Å². The Morgan fingerprint density at radius 2 is 2.06 bits per heavy atom. The molecule has 2 N–H and O–H groups in total. The lowest BCUT2D eigenvalue weighted by Crippen LogP contribution is -2.36. The van der Waals surface area contributed by atoms with Gasteiger partial charge in [-0.3, -0.25) is 0 Å². The molecule has 1 aromatic heterocycles. The average Bonchev–Trinajstić information content (AvgIpc) is 2.39. The van der Waals surface area contributed by atoms with Crippen molar-refractivity contribution in [1.29, 1.82) is 0 Å². The van der Waals surface area contributed by atoms with E-state index in [1.165, 1.54) is 0 Å². The van der Waals surface area contributed by atoms with E-state index in [0.717, 1.165) is 43.1 Å². The summed E-state index contributed by atoms with van der Waals surface area (Å²) in [5.41, 5.74) is 0.776. The van der Waals surface area contributed by atoms with Crippen LogP contribution >= 0.6 is 0 Å². The van der Waals surface area contributed by atoms with Crippen LogP contribution in [0.25, 0.3) is 0 Å². The summed E-state index contributed by atoms with van der Waals surface area (Å²) >= 11 is 0. The van der Waals surface area contributed by atoms with Gasteiger partial charge in [0.15, 0.2) is 0 Å². The minimum absolute atomic E-state index is 0.0322. The number of aliphatic hydroxyl groups is 2. The largest absolute Gasteiger partial charge is 0.396 e. The van der Waals surface area contributed by atoms with Crippen molar-refractivity contribution in [1.82, 2.24) is 9.97 Å². The van der Waals surface area contributed by atoms with E-state index in [1.54, 1.807) is 6.20 Å². The van der Waals surface area contributed by atoms with Crippen LogP contribution in [-0.2, 0) is 6.61 Å². The summed E-state index contributed by atoms with van der Waals surface area (Å²) in [6, 6.07) is 0. The number of aromatic nitrogens is 2. The van der Waals surface area contributed by atoms with Crippen molar-refractivity contribution in [2.45, 2.75) is 26.4 Å². The van der Waals surface area contributed by atoms with Crippen molar-refractivity contribution in [3.8, 4) is 0 Å². The van der Waals surface area contributed by atoms with Gasteiger partial charge in [0.25, 0.3) is 0 Å². The third kappa shape index (κ3) is 2.73. The Balaban J connectivity index is 2.14. The Morgan fingerprint density at radius 1 is 1.35 bits per heavy atom. The highest BCUT2D eigenvalue weighted by Crippen LogP contribution is 2.24. The van der Waals surface area contributed by atoms with E-state index >= 15 is 0 Å². The number of aryl methyl sites for hydroxylation is 1. The van der Waals surface area contributed by atoms with E-state index in [2.05, 4.69) is 14.9 Å². The lowest BCUT2D eigenvalue weighted by molar-refractivity contribution is 0.202. The maximum Gasteiger partial charge on any atom is 0.137 e. The second kappa shape index (κ2) is 5.42. The van der Waals surface area contributed by atoms with Gasteiger partial charge in [0.05, 0.1) is 6.61 Å². The molecular weight excluding hydrogens is 218 g/mol. The summed E-state index contributed by atoms with van der Waals surface area (Å²) in [6.07, 6.45) is 3.64. The quantitative estimate of drug-likeness (QED) is 0.800. The summed E-state index contributed by atoms with van der Waals surface area (Å²) in [6.45, 7) is 3.85. The van der Waals surface area contributed by atoms with Crippen LogP contribution in [0.2, 0.25) is 0 Å². The average molecular weight is 237 g/mol. The van der Waals surface area contributed by atoms with Crippen molar-refractivity contribution < 1.29 is 10.2 Å². The Kier molecular flexibility index (Phi) is 3.91. The highest BCUT2D eigenvalue weighted by molar-refractivity contribution is 5.46. The van der Waals surface area contributed by atoms with Crippen LogP contribution in [-0.4, -0.2) is 39.9 Å². The molecule has 17 heavy (non-hydrogen) atoms. The molecule has 0 aromatic carbocycles. The number of anilines is 1. The summed E-state index contributed by atoms with van der Waals surface area (Å²) in [5.74, 6) is 1.98. The highest BCUT2D eigenvalue weighted by Gasteiger charge is 2.21. The summed E-state index contributed by atoms with van der Waals surface area (Å²) < 4.78 is 0. The molecule has 0 spiro atoms. The van der Waals surface area contributed by atoms with E-state index in [1.807, 2.05) is 6.92 Å². The molecule has 94 valence electrons. The van der Waals surface area contributed by atoms with Crippen molar-refractivity contribution in [3.05, 3.63) is 17.6 Å². The maximum absolute atomic E-state index is 9.29. The molecular formula is C12H19N3O2. The van der Waals surface area contributed by atoms with Crippen molar-refractivity contribution >= 4 is 5.82 Å². The zero-order valence-corrected chi connectivity index (χ0v) is 10.1. The molecule has 5 heteroatoms. The molecule has 0 radical (unpaired) electrons. The first-order valence-electron chi connectivity index (χ1n) is 6.03. The van der Waals surface area contributed by atoms with Crippen LogP contribution in [0.5, 0.6) is 0 Å². The Morgan fingerprint density at radius 3 is 2.65 bits per heavy atom. The number of nitrogens with zero attached hydrogens (tertiary/aromatic N) is 3. The molecule has 1 fully saturated rings. The SMILES string of the molecule is Cc1ncc(CO)c(N2CCC(CO)CC2)n1. The van der Waals surface area contributed by atoms with Gasteiger partial charge in [-0.05, 0) is 25.7 Å². The fourth-order valence-electron chi connectivity index (χ4n) is 2.20. The van der Waals surface area contributed by atoms with Crippen LogP contribution in [0.4, 0.5) is 5.82 Å². The van der Waals surface area contributed by atoms with E-state index in [0.29, 0.717) is 5.92 Å². The van der Waals surface area contributed by atoms with Gasteiger partial charge in [0.2, 0.25) is 0 Å². The molecule has 1 aliphatic heterocycles. The normalized spacial score (nSPS) is 17.5. The van der Waals surface area contributed by atoms with Gasteiger partial charge < -0.3 is 15.1 Å². The molecule has 0 unspecified atom stereocenters. The monoisotopic (exact) mass is 237 g/mol.